The monoisotopic (exact) mass is 286 g/mol. The van der Waals surface area contributed by atoms with Gasteiger partial charge >= 0.3 is 5.63 Å². The maximum atomic E-state index is 12.3. The summed E-state index contributed by atoms with van der Waals surface area (Å²) in [6.07, 6.45) is 0. The summed E-state index contributed by atoms with van der Waals surface area (Å²) in [5.41, 5.74) is 3.92. The lowest BCUT2D eigenvalue weighted by Gasteiger charge is -2.08. The summed E-state index contributed by atoms with van der Waals surface area (Å²) < 4.78 is 5.47. The van der Waals surface area contributed by atoms with E-state index in [1.165, 1.54) is 0 Å². The molecule has 2 aliphatic carbocycles. The van der Waals surface area contributed by atoms with Gasteiger partial charge in [0.05, 0.1) is 5.39 Å². The van der Waals surface area contributed by atoms with Crippen LogP contribution in [0.3, 0.4) is 0 Å². The van der Waals surface area contributed by atoms with Crippen molar-refractivity contribution < 1.29 is 4.42 Å². The van der Waals surface area contributed by atoms with Crippen molar-refractivity contribution in [1.29, 1.82) is 0 Å². The first kappa shape index (κ1) is 12.8. The minimum Gasteiger partial charge on any atom is -0.427 e. The van der Waals surface area contributed by atoms with Crippen LogP contribution in [0.25, 0.3) is 33.0 Å². The number of hydrogen-bond acceptors (Lipinski definition) is 2. The van der Waals surface area contributed by atoms with Crippen LogP contribution in [0.5, 0.6) is 0 Å². The summed E-state index contributed by atoms with van der Waals surface area (Å²) in [7, 11) is 0. The Bertz CT molecular complexity index is 997. The second-order valence-electron chi connectivity index (χ2n) is 5.40. The molecule has 0 fully saturated rings. The molecule has 0 bridgehead atoms. The van der Waals surface area contributed by atoms with Gasteiger partial charge in [-0.05, 0) is 29.7 Å². The average Bonchev–Trinajstić information content (AvgIpc) is 2.73. The topological polar surface area (TPSA) is 30.2 Å². The van der Waals surface area contributed by atoms with Crippen molar-refractivity contribution in [2.45, 2.75) is 6.92 Å². The zero-order valence-electron chi connectivity index (χ0n) is 12.2. The first-order valence-corrected chi connectivity index (χ1v) is 7.26. The number of hydrogen-bond donors (Lipinski definition) is 0. The molecule has 0 unspecified atom stereocenters. The molecule has 4 rings (SSSR count). The third-order valence-electron chi connectivity index (χ3n) is 4.04. The maximum absolute atomic E-state index is 12.3. The molecule has 1 heterocycles. The molecule has 0 amide bonds. The normalized spacial score (nSPS) is 11.1. The molecule has 0 saturated heterocycles. The molecule has 2 heteroatoms. The summed E-state index contributed by atoms with van der Waals surface area (Å²) >= 11 is 0. The highest BCUT2D eigenvalue weighted by atomic mass is 16.4. The van der Waals surface area contributed by atoms with Crippen molar-refractivity contribution in [3.05, 3.63) is 82.9 Å². The second-order valence-corrected chi connectivity index (χ2v) is 5.40. The molecule has 0 aliphatic heterocycles. The third-order valence-corrected chi connectivity index (χ3v) is 4.04. The van der Waals surface area contributed by atoms with Gasteiger partial charge < -0.3 is 4.42 Å². The number of aryl methyl sites for hydroxylation is 1. The van der Waals surface area contributed by atoms with Crippen LogP contribution in [-0.2, 0) is 0 Å². The molecular formula is C20H14O2. The van der Waals surface area contributed by atoms with Crippen LogP contribution in [-0.4, -0.2) is 0 Å². The molecule has 0 atom stereocenters. The van der Waals surface area contributed by atoms with E-state index in [1.807, 2.05) is 67.6 Å². The van der Waals surface area contributed by atoms with Crippen molar-refractivity contribution >= 4 is 10.8 Å². The Hall–Kier alpha value is -2.87. The summed E-state index contributed by atoms with van der Waals surface area (Å²) in [5.74, 6) is 0.655. The second kappa shape index (κ2) is 4.85. The Morgan fingerprint density at radius 2 is 1.45 bits per heavy atom. The lowest BCUT2D eigenvalue weighted by atomic mass is 9.98. The molecule has 0 N–H and O–H groups in total. The molecule has 0 radical (unpaired) electrons. The highest BCUT2D eigenvalue weighted by molar-refractivity contribution is 6.10. The molecule has 2 nitrogen and oxygen atoms in total. The summed E-state index contributed by atoms with van der Waals surface area (Å²) in [6.45, 7) is 1.85. The van der Waals surface area contributed by atoms with E-state index in [4.69, 9.17) is 4.42 Å². The van der Waals surface area contributed by atoms with E-state index >= 15 is 0 Å². The van der Waals surface area contributed by atoms with Crippen LogP contribution >= 0.6 is 0 Å². The van der Waals surface area contributed by atoms with Crippen LogP contribution in [0.1, 0.15) is 5.76 Å². The Morgan fingerprint density at radius 1 is 0.818 bits per heavy atom. The fourth-order valence-electron chi connectivity index (χ4n) is 3.09. The Balaban J connectivity index is 2.23. The number of fused-ring (bicyclic) bond motifs is 3. The van der Waals surface area contributed by atoms with Crippen LogP contribution in [0.15, 0.2) is 75.9 Å². The van der Waals surface area contributed by atoms with E-state index < -0.39 is 0 Å². The van der Waals surface area contributed by atoms with Gasteiger partial charge in [0.15, 0.2) is 0 Å². The van der Waals surface area contributed by atoms with Gasteiger partial charge in [0.1, 0.15) is 5.76 Å². The van der Waals surface area contributed by atoms with Gasteiger partial charge in [-0.2, -0.15) is 0 Å². The summed E-state index contributed by atoms with van der Waals surface area (Å²) in [5, 5.41) is 1.62. The number of rotatable bonds is 1. The van der Waals surface area contributed by atoms with Gasteiger partial charge in [-0.15, -0.1) is 0 Å². The predicted octanol–water partition coefficient (Wildman–Crippen LogP) is 4.87. The highest BCUT2D eigenvalue weighted by Gasteiger charge is 2.19. The smallest absolute Gasteiger partial charge is 0.343 e. The lowest BCUT2D eigenvalue weighted by molar-refractivity contribution is 0.490. The van der Waals surface area contributed by atoms with Crippen molar-refractivity contribution in [2.24, 2.45) is 0 Å². The first-order valence-electron chi connectivity index (χ1n) is 7.26. The van der Waals surface area contributed by atoms with Gasteiger partial charge in [0, 0.05) is 10.9 Å². The van der Waals surface area contributed by atoms with Crippen molar-refractivity contribution in [1.82, 2.24) is 0 Å². The zero-order valence-corrected chi connectivity index (χ0v) is 12.2. The molecular weight excluding hydrogens is 272 g/mol. The fraction of sp³-hybridized carbons (Fsp3) is 0.0500. The molecule has 2 aromatic rings. The molecule has 2 aliphatic rings. The van der Waals surface area contributed by atoms with E-state index in [9.17, 15) is 4.79 Å². The van der Waals surface area contributed by atoms with Crippen LogP contribution < -0.4 is 5.63 Å². The quantitative estimate of drug-likeness (QED) is 0.499. The van der Waals surface area contributed by atoms with E-state index in [0.29, 0.717) is 11.1 Å². The van der Waals surface area contributed by atoms with Gasteiger partial charge in [0.25, 0.3) is 0 Å². The van der Waals surface area contributed by atoms with E-state index in [1.54, 1.807) is 0 Å². The van der Waals surface area contributed by atoms with Gasteiger partial charge in [-0.3, -0.25) is 0 Å². The first-order chi connectivity index (χ1) is 10.8. The van der Waals surface area contributed by atoms with Crippen LogP contribution in [0.4, 0.5) is 0 Å². The van der Waals surface area contributed by atoms with E-state index in [-0.39, 0.29) is 5.63 Å². The molecule has 22 heavy (non-hydrogen) atoms. The molecule has 1 aromatic heterocycles. The number of benzene rings is 1. The fourth-order valence-corrected chi connectivity index (χ4v) is 3.09. The predicted molar refractivity (Wildman–Crippen MR) is 89.3 cm³/mol. The van der Waals surface area contributed by atoms with Crippen molar-refractivity contribution in [3.8, 4) is 22.3 Å². The molecule has 1 aromatic carbocycles. The van der Waals surface area contributed by atoms with E-state index in [2.05, 4.69) is 6.07 Å². The van der Waals surface area contributed by atoms with Gasteiger partial charge in [-0.25, -0.2) is 4.79 Å². The Labute approximate surface area is 128 Å². The highest BCUT2D eigenvalue weighted by Crippen LogP contribution is 2.39. The van der Waals surface area contributed by atoms with E-state index in [0.717, 1.165) is 27.6 Å². The summed E-state index contributed by atoms with van der Waals surface area (Å²) in [6, 6.07) is 22.0. The maximum Gasteiger partial charge on any atom is 0.343 e. The SMILES string of the molecule is Cc1oc(=O)c2cc3cccccc-3c2c1-c1ccccc1. The molecule has 106 valence electrons. The minimum atomic E-state index is -0.272. The lowest BCUT2D eigenvalue weighted by Crippen LogP contribution is -2.01. The summed E-state index contributed by atoms with van der Waals surface area (Å²) in [4.78, 5) is 12.3. The van der Waals surface area contributed by atoms with Gasteiger partial charge in [-0.1, -0.05) is 60.7 Å². The van der Waals surface area contributed by atoms with Crippen LogP contribution in [0, 0.1) is 6.92 Å². The Kier molecular flexibility index (Phi) is 2.83. The van der Waals surface area contributed by atoms with Gasteiger partial charge in [0.2, 0.25) is 0 Å². The molecule has 0 saturated carbocycles. The zero-order chi connectivity index (χ0) is 15.1. The molecule has 0 spiro atoms. The Morgan fingerprint density at radius 3 is 2.18 bits per heavy atom. The van der Waals surface area contributed by atoms with Crippen molar-refractivity contribution in [3.63, 3.8) is 0 Å². The van der Waals surface area contributed by atoms with Crippen LogP contribution in [0.2, 0.25) is 0 Å². The third kappa shape index (κ3) is 1.85. The van der Waals surface area contributed by atoms with Crippen molar-refractivity contribution in [2.75, 3.05) is 0 Å². The largest absolute Gasteiger partial charge is 0.427 e. The standard InChI is InChI=1S/C20H14O2/c1-13-18(14-8-4-2-5-9-14)19-16-11-7-3-6-10-15(16)12-17(19)20(21)22-13/h2-12H,1H3. The average molecular weight is 286 g/mol. The minimum absolute atomic E-state index is 0.272.